The standard InChI is InChI=1S/C58H44N6/c1-5-15-39(16-6-1)51-59-52(40-17-7-2-8-18-40)62-55(61-51)48-24-14-13-23-47(48)43-27-30-49(56-63-53(41-19-9-3-10-20-41)60-54(64-56)42-21-11-4-12-22-42)50(32-43)38-25-28-44(29-26-38)57-34-37-31-45-33-46(36-57)58(45,57)35-37/h1-30,32,37,45-46H,31,33-36H2. The molecule has 4 fully saturated rings. The van der Waals surface area contributed by atoms with E-state index in [0.717, 1.165) is 73.4 Å². The van der Waals surface area contributed by atoms with Gasteiger partial charge < -0.3 is 0 Å². The molecule has 0 radical (unpaired) electrons. The van der Waals surface area contributed by atoms with Crippen LogP contribution in [0.1, 0.15) is 37.7 Å². The topological polar surface area (TPSA) is 77.3 Å². The highest BCUT2D eigenvalue weighted by atomic mass is 15.0. The lowest BCUT2D eigenvalue weighted by Crippen LogP contribution is -2.68. The average molecular weight is 825 g/mol. The van der Waals surface area contributed by atoms with Crippen molar-refractivity contribution in [3.05, 3.63) is 194 Å². The summed E-state index contributed by atoms with van der Waals surface area (Å²) in [5.74, 6) is 6.58. The summed E-state index contributed by atoms with van der Waals surface area (Å²) in [4.78, 5) is 30.8. The molecule has 7 aromatic carbocycles. The molecule has 1 spiro atoms. The third kappa shape index (κ3) is 5.78. The van der Waals surface area contributed by atoms with Gasteiger partial charge in [0.1, 0.15) is 0 Å². The molecule has 0 aliphatic heterocycles. The van der Waals surface area contributed by atoms with Crippen LogP contribution in [0.4, 0.5) is 0 Å². The third-order valence-corrected chi connectivity index (χ3v) is 15.3. The Hall–Kier alpha value is -7.44. The van der Waals surface area contributed by atoms with Crippen LogP contribution in [0.15, 0.2) is 188 Å². The van der Waals surface area contributed by atoms with E-state index in [4.69, 9.17) is 29.9 Å². The molecular weight excluding hydrogens is 781 g/mol. The predicted octanol–water partition coefficient (Wildman–Crippen LogP) is 13.5. The van der Waals surface area contributed by atoms with Crippen molar-refractivity contribution in [3.63, 3.8) is 0 Å². The van der Waals surface area contributed by atoms with Crippen LogP contribution in [0.25, 0.3) is 90.6 Å². The van der Waals surface area contributed by atoms with E-state index in [9.17, 15) is 0 Å². The van der Waals surface area contributed by atoms with Crippen molar-refractivity contribution in [3.8, 4) is 90.6 Å². The van der Waals surface area contributed by atoms with Gasteiger partial charge in [-0.05, 0) is 95.2 Å². The zero-order chi connectivity index (χ0) is 42.2. The predicted molar refractivity (Wildman–Crippen MR) is 254 cm³/mol. The highest BCUT2D eigenvalue weighted by Gasteiger charge is 2.80. The van der Waals surface area contributed by atoms with Crippen LogP contribution in [0, 0.1) is 23.2 Å². The second kappa shape index (κ2) is 14.6. The highest BCUT2D eigenvalue weighted by Crippen LogP contribution is 2.86. The molecular formula is C58H44N6. The van der Waals surface area contributed by atoms with Crippen LogP contribution < -0.4 is 0 Å². The smallest absolute Gasteiger partial charge is 0.164 e. The van der Waals surface area contributed by atoms with E-state index >= 15 is 0 Å². The molecule has 2 aromatic heterocycles. The largest absolute Gasteiger partial charge is 0.208 e. The molecule has 5 atom stereocenters. The van der Waals surface area contributed by atoms with Crippen molar-refractivity contribution >= 4 is 0 Å². The van der Waals surface area contributed by atoms with Gasteiger partial charge in [-0.1, -0.05) is 176 Å². The molecule has 4 aliphatic carbocycles. The maximum absolute atomic E-state index is 5.23. The number of fused-ring (bicyclic) bond motifs is 1. The molecule has 2 bridgehead atoms. The van der Waals surface area contributed by atoms with Crippen molar-refractivity contribution in [2.75, 3.05) is 0 Å². The first-order valence-electron chi connectivity index (χ1n) is 22.7. The van der Waals surface area contributed by atoms with Gasteiger partial charge in [-0.2, -0.15) is 0 Å². The zero-order valence-corrected chi connectivity index (χ0v) is 35.3. The first-order chi connectivity index (χ1) is 31.6. The Morgan fingerprint density at radius 3 is 1.23 bits per heavy atom. The van der Waals surface area contributed by atoms with E-state index in [1.807, 2.05) is 97.1 Å². The van der Waals surface area contributed by atoms with Crippen molar-refractivity contribution in [1.29, 1.82) is 0 Å². The second-order valence-corrected chi connectivity index (χ2v) is 18.4. The Bertz CT molecular complexity index is 3100. The highest BCUT2D eigenvalue weighted by molar-refractivity contribution is 5.89. The Balaban J connectivity index is 0.981. The summed E-state index contributed by atoms with van der Waals surface area (Å²) in [7, 11) is 0. The van der Waals surface area contributed by atoms with Crippen LogP contribution in [-0.4, -0.2) is 29.9 Å². The average Bonchev–Trinajstić information content (AvgIpc) is 3.88. The maximum atomic E-state index is 5.23. The van der Waals surface area contributed by atoms with Gasteiger partial charge in [-0.15, -0.1) is 0 Å². The summed E-state index contributed by atoms with van der Waals surface area (Å²) in [5, 5.41) is 0. The fourth-order valence-electron chi connectivity index (χ4n) is 12.6. The first kappa shape index (κ1) is 37.1. The van der Waals surface area contributed by atoms with Gasteiger partial charge in [-0.25, -0.2) is 29.9 Å². The van der Waals surface area contributed by atoms with Crippen molar-refractivity contribution in [2.24, 2.45) is 23.2 Å². The van der Waals surface area contributed by atoms with Gasteiger partial charge in [0.05, 0.1) is 0 Å². The van der Waals surface area contributed by atoms with Crippen molar-refractivity contribution in [1.82, 2.24) is 29.9 Å². The Kier molecular flexibility index (Phi) is 8.45. The molecule has 5 unspecified atom stereocenters. The molecule has 6 nitrogen and oxygen atoms in total. The van der Waals surface area contributed by atoms with Crippen LogP contribution >= 0.6 is 0 Å². The van der Waals surface area contributed by atoms with E-state index < -0.39 is 0 Å². The zero-order valence-electron chi connectivity index (χ0n) is 35.3. The molecule has 0 saturated heterocycles. The normalized spacial score (nSPS) is 22.3. The number of benzene rings is 7. The van der Waals surface area contributed by atoms with Crippen molar-refractivity contribution in [2.45, 2.75) is 37.5 Å². The van der Waals surface area contributed by atoms with Crippen LogP contribution in [0.3, 0.4) is 0 Å². The minimum Gasteiger partial charge on any atom is -0.208 e. The summed E-state index contributed by atoms with van der Waals surface area (Å²) in [5.41, 5.74) is 12.4. The molecule has 4 aliphatic rings. The van der Waals surface area contributed by atoms with Gasteiger partial charge >= 0.3 is 0 Å². The van der Waals surface area contributed by atoms with E-state index in [0.29, 0.717) is 45.8 Å². The van der Waals surface area contributed by atoms with Gasteiger partial charge in [0.25, 0.3) is 0 Å². The molecule has 4 saturated carbocycles. The lowest BCUT2D eigenvalue weighted by Gasteiger charge is -2.73. The quantitative estimate of drug-likeness (QED) is 0.144. The maximum Gasteiger partial charge on any atom is 0.164 e. The van der Waals surface area contributed by atoms with Gasteiger partial charge in [0.15, 0.2) is 34.9 Å². The van der Waals surface area contributed by atoms with Crippen LogP contribution in [0.5, 0.6) is 0 Å². The summed E-state index contributed by atoms with van der Waals surface area (Å²) >= 11 is 0. The van der Waals surface area contributed by atoms with Crippen LogP contribution in [0.2, 0.25) is 0 Å². The van der Waals surface area contributed by atoms with E-state index in [1.54, 1.807) is 5.56 Å². The molecule has 0 N–H and O–H groups in total. The van der Waals surface area contributed by atoms with Gasteiger partial charge in [0, 0.05) is 38.8 Å². The number of aromatic nitrogens is 6. The third-order valence-electron chi connectivity index (χ3n) is 15.3. The molecule has 9 aromatic rings. The minimum absolute atomic E-state index is 0.358. The van der Waals surface area contributed by atoms with Crippen LogP contribution in [-0.2, 0) is 5.41 Å². The fourth-order valence-corrected chi connectivity index (χ4v) is 12.6. The molecule has 64 heavy (non-hydrogen) atoms. The Labute approximate surface area is 373 Å². The monoisotopic (exact) mass is 824 g/mol. The summed E-state index contributed by atoms with van der Waals surface area (Å²) in [6, 6.07) is 65.5. The van der Waals surface area contributed by atoms with E-state index in [-0.39, 0.29) is 0 Å². The number of nitrogens with zero attached hydrogens (tertiary/aromatic N) is 6. The van der Waals surface area contributed by atoms with E-state index in [1.165, 1.54) is 32.1 Å². The molecule has 306 valence electrons. The van der Waals surface area contributed by atoms with E-state index in [2.05, 4.69) is 91.0 Å². The summed E-state index contributed by atoms with van der Waals surface area (Å²) in [6.45, 7) is 0. The summed E-state index contributed by atoms with van der Waals surface area (Å²) in [6.07, 6.45) is 7.09. The van der Waals surface area contributed by atoms with Gasteiger partial charge in [0.2, 0.25) is 0 Å². The lowest BCUT2D eigenvalue weighted by molar-refractivity contribution is -0.198. The molecule has 6 heteroatoms. The first-order valence-corrected chi connectivity index (χ1v) is 22.7. The minimum atomic E-state index is 0.358. The fraction of sp³-hybridized carbons (Fsp3) is 0.172. The summed E-state index contributed by atoms with van der Waals surface area (Å²) < 4.78 is 0. The second-order valence-electron chi connectivity index (χ2n) is 18.4. The Morgan fingerprint density at radius 2 is 0.750 bits per heavy atom. The Morgan fingerprint density at radius 1 is 0.312 bits per heavy atom. The van der Waals surface area contributed by atoms with Gasteiger partial charge in [-0.3, -0.25) is 0 Å². The number of hydrogen-bond acceptors (Lipinski definition) is 6. The van der Waals surface area contributed by atoms with Crippen molar-refractivity contribution < 1.29 is 0 Å². The number of rotatable bonds is 9. The molecule has 0 amide bonds. The number of hydrogen-bond donors (Lipinski definition) is 0. The lowest BCUT2D eigenvalue weighted by atomic mass is 9.31. The molecule has 2 heterocycles. The molecule has 13 rings (SSSR count). The SMILES string of the molecule is c1ccc(-c2nc(-c3ccccc3)nc(-c3ccccc3-c3ccc(-c4nc(-c5ccccc5)nc(-c5ccccc5)n4)c(-c4ccc(C56CC7CC8CC(C5)C86C7)cc4)c3)n2)cc1.